The second kappa shape index (κ2) is 2.81. The molecule has 11 heavy (non-hydrogen) atoms. The van der Waals surface area contributed by atoms with Gasteiger partial charge in [-0.2, -0.15) is 0 Å². The van der Waals surface area contributed by atoms with Crippen LogP contribution in [0.2, 0.25) is 0 Å². The summed E-state index contributed by atoms with van der Waals surface area (Å²) in [6.45, 7) is 5.23. The van der Waals surface area contributed by atoms with Gasteiger partial charge in [-0.1, -0.05) is 0 Å². The van der Waals surface area contributed by atoms with Gasteiger partial charge in [0.25, 0.3) is 5.91 Å². The molecular weight excluding hydrogens is 142 g/mol. The molecule has 1 rings (SSSR count). The molecule has 0 aromatic carbocycles. The highest BCUT2D eigenvalue weighted by atomic mass is 16.3. The molecule has 1 aliphatic rings. The summed E-state index contributed by atoms with van der Waals surface area (Å²) >= 11 is 0. The molecule has 0 unspecified atom stereocenters. The highest BCUT2D eigenvalue weighted by Gasteiger charge is 2.49. The van der Waals surface area contributed by atoms with Crippen molar-refractivity contribution in [1.82, 2.24) is 4.90 Å². The third-order valence-electron chi connectivity index (χ3n) is 2.17. The van der Waals surface area contributed by atoms with Crippen LogP contribution < -0.4 is 0 Å². The maximum atomic E-state index is 11.4. The van der Waals surface area contributed by atoms with Gasteiger partial charge in [-0.25, -0.2) is 0 Å². The van der Waals surface area contributed by atoms with E-state index in [0.717, 1.165) is 0 Å². The average Bonchev–Trinajstić information content (AvgIpc) is 2.72. The molecule has 64 valence electrons. The summed E-state index contributed by atoms with van der Waals surface area (Å²) in [5, 5.41) is 9.44. The summed E-state index contributed by atoms with van der Waals surface area (Å²) in [6.07, 6.45) is 1.28. The largest absolute Gasteiger partial charge is 0.380 e. The molecule has 1 saturated carbocycles. The standard InChI is InChI=1S/C8H15NO2/c1-3-9(4-2)7(10)8(11)5-6-8/h11H,3-6H2,1-2H3. The van der Waals surface area contributed by atoms with Crippen LogP contribution in [0.25, 0.3) is 0 Å². The van der Waals surface area contributed by atoms with E-state index in [1.165, 1.54) is 0 Å². The van der Waals surface area contributed by atoms with Crippen LogP contribution >= 0.6 is 0 Å². The summed E-state index contributed by atoms with van der Waals surface area (Å²) in [7, 11) is 0. The topological polar surface area (TPSA) is 40.5 Å². The average molecular weight is 157 g/mol. The third-order valence-corrected chi connectivity index (χ3v) is 2.17. The number of hydrogen-bond donors (Lipinski definition) is 1. The van der Waals surface area contributed by atoms with Crippen molar-refractivity contribution in [2.75, 3.05) is 13.1 Å². The number of aliphatic hydroxyl groups is 1. The van der Waals surface area contributed by atoms with Gasteiger partial charge in [0.2, 0.25) is 0 Å². The van der Waals surface area contributed by atoms with Gasteiger partial charge in [-0.3, -0.25) is 4.79 Å². The van der Waals surface area contributed by atoms with E-state index in [1.807, 2.05) is 13.8 Å². The molecule has 3 heteroatoms. The van der Waals surface area contributed by atoms with Gasteiger partial charge in [0.05, 0.1) is 0 Å². The van der Waals surface area contributed by atoms with Crippen molar-refractivity contribution in [2.24, 2.45) is 0 Å². The van der Waals surface area contributed by atoms with E-state index in [2.05, 4.69) is 0 Å². The summed E-state index contributed by atoms with van der Waals surface area (Å²) in [6, 6.07) is 0. The van der Waals surface area contributed by atoms with E-state index in [4.69, 9.17) is 0 Å². The minimum absolute atomic E-state index is 0.0949. The predicted molar refractivity (Wildman–Crippen MR) is 42.1 cm³/mol. The van der Waals surface area contributed by atoms with Crippen molar-refractivity contribution in [3.8, 4) is 0 Å². The number of hydrogen-bond acceptors (Lipinski definition) is 2. The van der Waals surface area contributed by atoms with E-state index in [1.54, 1.807) is 4.90 Å². The lowest BCUT2D eigenvalue weighted by atomic mass is 10.3. The van der Waals surface area contributed by atoms with Crippen LogP contribution in [0.1, 0.15) is 26.7 Å². The normalized spacial score (nSPS) is 19.5. The van der Waals surface area contributed by atoms with E-state index < -0.39 is 5.60 Å². The Kier molecular flexibility index (Phi) is 2.18. The molecule has 1 N–H and O–H groups in total. The lowest BCUT2D eigenvalue weighted by Gasteiger charge is -2.21. The van der Waals surface area contributed by atoms with Gasteiger partial charge in [-0.05, 0) is 26.7 Å². The van der Waals surface area contributed by atoms with Gasteiger partial charge in [0, 0.05) is 13.1 Å². The molecule has 1 aliphatic carbocycles. The Hall–Kier alpha value is -0.570. The molecule has 0 atom stereocenters. The van der Waals surface area contributed by atoms with Crippen molar-refractivity contribution in [3.05, 3.63) is 0 Å². The van der Waals surface area contributed by atoms with Crippen LogP contribution in [-0.2, 0) is 4.79 Å². The Morgan fingerprint density at radius 2 is 1.91 bits per heavy atom. The molecule has 0 aliphatic heterocycles. The van der Waals surface area contributed by atoms with Crippen LogP contribution in [0, 0.1) is 0 Å². The Labute approximate surface area is 67.0 Å². The van der Waals surface area contributed by atoms with Crippen LogP contribution in [-0.4, -0.2) is 34.6 Å². The van der Waals surface area contributed by atoms with Gasteiger partial charge in [-0.15, -0.1) is 0 Å². The van der Waals surface area contributed by atoms with Crippen molar-refractivity contribution in [3.63, 3.8) is 0 Å². The molecule has 1 fully saturated rings. The molecule has 1 amide bonds. The van der Waals surface area contributed by atoms with Gasteiger partial charge in [0.1, 0.15) is 5.60 Å². The van der Waals surface area contributed by atoms with Crippen LogP contribution in [0.15, 0.2) is 0 Å². The fraction of sp³-hybridized carbons (Fsp3) is 0.875. The molecule has 0 aromatic rings. The van der Waals surface area contributed by atoms with Gasteiger partial charge >= 0.3 is 0 Å². The summed E-state index contributed by atoms with van der Waals surface area (Å²) < 4.78 is 0. The number of carbonyl (C=O) groups excluding carboxylic acids is 1. The lowest BCUT2D eigenvalue weighted by molar-refractivity contribution is -0.142. The third kappa shape index (κ3) is 1.53. The maximum Gasteiger partial charge on any atom is 0.254 e. The van der Waals surface area contributed by atoms with Crippen molar-refractivity contribution >= 4 is 5.91 Å². The fourth-order valence-corrected chi connectivity index (χ4v) is 1.14. The molecule has 0 aromatic heterocycles. The fourth-order valence-electron chi connectivity index (χ4n) is 1.14. The monoisotopic (exact) mass is 157 g/mol. The second-order valence-corrected chi connectivity index (χ2v) is 3.01. The van der Waals surface area contributed by atoms with Crippen LogP contribution in [0.4, 0.5) is 0 Å². The molecule has 0 saturated heterocycles. The minimum atomic E-state index is -0.980. The number of likely N-dealkylation sites (N-methyl/N-ethyl adjacent to an activating group) is 1. The molecule has 3 nitrogen and oxygen atoms in total. The summed E-state index contributed by atoms with van der Waals surface area (Å²) in [5.41, 5.74) is -0.980. The molecule has 0 heterocycles. The summed E-state index contributed by atoms with van der Waals surface area (Å²) in [4.78, 5) is 13.0. The molecule has 0 radical (unpaired) electrons. The zero-order valence-electron chi connectivity index (χ0n) is 7.13. The maximum absolute atomic E-state index is 11.4. The second-order valence-electron chi connectivity index (χ2n) is 3.01. The quantitative estimate of drug-likeness (QED) is 0.643. The minimum Gasteiger partial charge on any atom is -0.380 e. The van der Waals surface area contributed by atoms with Crippen molar-refractivity contribution < 1.29 is 9.90 Å². The summed E-state index contributed by atoms with van der Waals surface area (Å²) in [5.74, 6) is -0.0949. The number of carbonyl (C=O) groups is 1. The molecule has 0 bridgehead atoms. The van der Waals surface area contributed by atoms with E-state index >= 15 is 0 Å². The first-order valence-electron chi connectivity index (χ1n) is 4.16. The predicted octanol–water partition coefficient (Wildman–Crippen LogP) is 0.380. The highest BCUT2D eigenvalue weighted by molar-refractivity contribution is 5.87. The Morgan fingerprint density at radius 1 is 1.45 bits per heavy atom. The Bertz CT molecular complexity index is 159. The zero-order valence-corrected chi connectivity index (χ0v) is 7.13. The first kappa shape index (κ1) is 8.53. The molecular formula is C8H15NO2. The highest BCUT2D eigenvalue weighted by Crippen LogP contribution is 2.36. The van der Waals surface area contributed by atoms with E-state index in [0.29, 0.717) is 25.9 Å². The van der Waals surface area contributed by atoms with Crippen molar-refractivity contribution in [1.29, 1.82) is 0 Å². The first-order valence-corrected chi connectivity index (χ1v) is 4.16. The smallest absolute Gasteiger partial charge is 0.254 e. The molecule has 0 spiro atoms. The van der Waals surface area contributed by atoms with E-state index in [9.17, 15) is 9.90 Å². The first-order chi connectivity index (χ1) is 5.14. The van der Waals surface area contributed by atoms with Gasteiger partial charge in [0.15, 0.2) is 0 Å². The number of rotatable bonds is 3. The van der Waals surface area contributed by atoms with Crippen LogP contribution in [0.3, 0.4) is 0 Å². The Morgan fingerprint density at radius 3 is 2.18 bits per heavy atom. The zero-order chi connectivity index (χ0) is 8.48. The lowest BCUT2D eigenvalue weighted by Crippen LogP contribution is -2.40. The van der Waals surface area contributed by atoms with Crippen LogP contribution in [0.5, 0.6) is 0 Å². The van der Waals surface area contributed by atoms with Gasteiger partial charge < -0.3 is 10.0 Å². The van der Waals surface area contributed by atoms with Crippen molar-refractivity contribution in [2.45, 2.75) is 32.3 Å². The number of nitrogens with zero attached hydrogens (tertiary/aromatic N) is 1. The number of amides is 1. The van der Waals surface area contributed by atoms with E-state index in [-0.39, 0.29) is 5.91 Å². The SMILES string of the molecule is CCN(CC)C(=O)C1(O)CC1. The Balaban J connectivity index is 2.51.